The predicted molar refractivity (Wildman–Crippen MR) is 86.5 cm³/mol. The van der Waals surface area contributed by atoms with Crippen molar-refractivity contribution in [3.05, 3.63) is 42.7 Å². The molecule has 0 aliphatic carbocycles. The van der Waals surface area contributed by atoms with Crippen LogP contribution in [0.4, 0.5) is 4.39 Å². The number of benzene rings is 1. The van der Waals surface area contributed by atoms with E-state index in [1.165, 1.54) is 5.56 Å². The topological polar surface area (TPSA) is 33.1 Å². The summed E-state index contributed by atoms with van der Waals surface area (Å²) in [6, 6.07) is 10.2. The molecule has 0 radical (unpaired) electrons. The Bertz CT molecular complexity index is 594. The van der Waals surface area contributed by atoms with E-state index in [2.05, 4.69) is 33.6 Å². The zero-order valence-electron chi connectivity index (χ0n) is 13.0. The number of halogens is 1. The van der Waals surface area contributed by atoms with Crippen molar-refractivity contribution in [2.24, 2.45) is 0 Å². The molecule has 0 bridgehead atoms. The summed E-state index contributed by atoms with van der Waals surface area (Å²) in [5, 5.41) is 7.57. The van der Waals surface area contributed by atoms with Gasteiger partial charge < -0.3 is 5.32 Å². The van der Waals surface area contributed by atoms with E-state index < -0.39 is 5.67 Å². The molecule has 1 atom stereocenters. The fourth-order valence-electron chi connectivity index (χ4n) is 2.89. The van der Waals surface area contributed by atoms with Crippen molar-refractivity contribution in [1.82, 2.24) is 20.0 Å². The van der Waals surface area contributed by atoms with Gasteiger partial charge in [-0.15, -0.1) is 0 Å². The van der Waals surface area contributed by atoms with Crippen LogP contribution in [0, 0.1) is 0 Å². The highest BCUT2D eigenvalue weighted by molar-refractivity contribution is 5.61. The molecule has 2 aromatic rings. The number of nitrogens with one attached hydrogen (secondary N) is 1. The second-order valence-electron chi connectivity index (χ2n) is 6.22. The van der Waals surface area contributed by atoms with Crippen LogP contribution in [0.25, 0.3) is 11.1 Å². The van der Waals surface area contributed by atoms with Crippen LogP contribution in [-0.4, -0.2) is 53.1 Å². The molecule has 2 heterocycles. The Morgan fingerprint density at radius 3 is 2.86 bits per heavy atom. The summed E-state index contributed by atoms with van der Waals surface area (Å²) in [4.78, 5) is 2.17. The molecule has 118 valence electrons. The summed E-state index contributed by atoms with van der Waals surface area (Å²) in [7, 11) is 0. The first-order valence-corrected chi connectivity index (χ1v) is 7.82. The van der Waals surface area contributed by atoms with Crippen LogP contribution in [0.1, 0.15) is 6.92 Å². The minimum atomic E-state index is -1.16. The van der Waals surface area contributed by atoms with E-state index in [1.54, 1.807) is 6.92 Å². The summed E-state index contributed by atoms with van der Waals surface area (Å²) in [6.07, 6.45) is 3.94. The van der Waals surface area contributed by atoms with Crippen LogP contribution < -0.4 is 5.32 Å². The maximum atomic E-state index is 14.2. The SMILES string of the molecule is CC1(F)CNCCN(CCn2cc(-c3ccccc3)cn2)C1. The first-order chi connectivity index (χ1) is 10.6. The molecule has 1 N–H and O–H groups in total. The minimum Gasteiger partial charge on any atom is -0.312 e. The smallest absolute Gasteiger partial charge is 0.133 e. The lowest BCUT2D eigenvalue weighted by Gasteiger charge is -2.25. The van der Waals surface area contributed by atoms with Crippen LogP contribution in [0.5, 0.6) is 0 Å². The van der Waals surface area contributed by atoms with Gasteiger partial charge in [-0.1, -0.05) is 30.3 Å². The largest absolute Gasteiger partial charge is 0.312 e. The van der Waals surface area contributed by atoms with E-state index in [4.69, 9.17) is 0 Å². The van der Waals surface area contributed by atoms with Gasteiger partial charge in [0.1, 0.15) is 5.67 Å². The molecule has 1 aromatic carbocycles. The quantitative estimate of drug-likeness (QED) is 0.940. The third-order valence-corrected chi connectivity index (χ3v) is 4.04. The Hall–Kier alpha value is -1.72. The van der Waals surface area contributed by atoms with E-state index in [9.17, 15) is 4.39 Å². The number of alkyl halides is 1. The lowest BCUT2D eigenvalue weighted by atomic mass is 10.1. The van der Waals surface area contributed by atoms with Crippen LogP contribution in [0.15, 0.2) is 42.7 Å². The van der Waals surface area contributed by atoms with Crippen molar-refractivity contribution in [2.75, 3.05) is 32.7 Å². The molecule has 1 aromatic heterocycles. The number of nitrogens with zero attached hydrogens (tertiary/aromatic N) is 3. The van der Waals surface area contributed by atoms with Gasteiger partial charge in [-0.05, 0) is 12.5 Å². The van der Waals surface area contributed by atoms with E-state index in [0.717, 1.165) is 31.7 Å². The van der Waals surface area contributed by atoms with Gasteiger partial charge in [-0.25, -0.2) is 4.39 Å². The molecular formula is C17H23FN4. The molecule has 1 aliphatic heterocycles. The molecule has 1 unspecified atom stereocenters. The number of rotatable bonds is 4. The van der Waals surface area contributed by atoms with Crippen molar-refractivity contribution < 1.29 is 4.39 Å². The molecule has 0 amide bonds. The molecule has 1 saturated heterocycles. The molecule has 3 rings (SSSR count). The maximum Gasteiger partial charge on any atom is 0.133 e. The number of hydrogen-bond acceptors (Lipinski definition) is 3. The maximum absolute atomic E-state index is 14.2. The number of hydrogen-bond donors (Lipinski definition) is 1. The van der Waals surface area contributed by atoms with Gasteiger partial charge in [0.05, 0.1) is 12.7 Å². The van der Waals surface area contributed by atoms with Crippen molar-refractivity contribution in [2.45, 2.75) is 19.1 Å². The Morgan fingerprint density at radius 2 is 2.05 bits per heavy atom. The second kappa shape index (κ2) is 6.58. The van der Waals surface area contributed by atoms with E-state index in [1.807, 2.05) is 29.1 Å². The average molecular weight is 302 g/mol. The van der Waals surface area contributed by atoms with Gasteiger partial charge in [-0.2, -0.15) is 5.10 Å². The Kier molecular flexibility index (Phi) is 4.55. The van der Waals surface area contributed by atoms with Gasteiger partial charge >= 0.3 is 0 Å². The predicted octanol–water partition coefficient (Wildman–Crippen LogP) is 2.18. The van der Waals surface area contributed by atoms with Crippen molar-refractivity contribution in [3.63, 3.8) is 0 Å². The monoisotopic (exact) mass is 302 g/mol. The lowest BCUT2D eigenvalue weighted by molar-refractivity contribution is 0.127. The van der Waals surface area contributed by atoms with Gasteiger partial charge in [0.15, 0.2) is 0 Å². The van der Waals surface area contributed by atoms with Gasteiger partial charge in [-0.3, -0.25) is 9.58 Å². The van der Waals surface area contributed by atoms with Crippen molar-refractivity contribution in [1.29, 1.82) is 0 Å². The Labute approximate surface area is 130 Å². The average Bonchev–Trinajstić information content (AvgIpc) is 2.91. The first kappa shape index (κ1) is 15.2. The zero-order chi connectivity index (χ0) is 15.4. The van der Waals surface area contributed by atoms with Crippen molar-refractivity contribution >= 4 is 0 Å². The molecular weight excluding hydrogens is 279 g/mol. The summed E-state index contributed by atoms with van der Waals surface area (Å²) in [5.74, 6) is 0. The fourth-order valence-corrected chi connectivity index (χ4v) is 2.89. The van der Waals surface area contributed by atoms with Crippen LogP contribution in [-0.2, 0) is 6.54 Å². The molecule has 1 aliphatic rings. The highest BCUT2D eigenvalue weighted by atomic mass is 19.1. The standard InChI is InChI=1S/C17H23FN4/c1-17(18)13-19-7-8-21(14-17)9-10-22-12-16(11-20-22)15-5-3-2-4-6-15/h2-6,11-12,19H,7-10,13-14H2,1H3. The molecule has 4 nitrogen and oxygen atoms in total. The molecule has 0 spiro atoms. The molecule has 22 heavy (non-hydrogen) atoms. The highest BCUT2D eigenvalue weighted by Crippen LogP contribution is 2.18. The summed E-state index contributed by atoms with van der Waals surface area (Å²) in [6.45, 7) is 5.90. The van der Waals surface area contributed by atoms with E-state index >= 15 is 0 Å². The van der Waals surface area contributed by atoms with Crippen LogP contribution in [0.2, 0.25) is 0 Å². The van der Waals surface area contributed by atoms with Crippen LogP contribution >= 0.6 is 0 Å². The van der Waals surface area contributed by atoms with Gasteiger partial charge in [0, 0.05) is 44.5 Å². The number of aromatic nitrogens is 2. The normalized spacial score (nSPS) is 23.4. The Morgan fingerprint density at radius 1 is 1.23 bits per heavy atom. The molecule has 1 fully saturated rings. The minimum absolute atomic E-state index is 0.434. The van der Waals surface area contributed by atoms with Crippen LogP contribution in [0.3, 0.4) is 0 Å². The molecule has 0 saturated carbocycles. The third-order valence-electron chi connectivity index (χ3n) is 4.04. The third kappa shape index (κ3) is 3.93. The van der Waals surface area contributed by atoms with Gasteiger partial charge in [0.2, 0.25) is 0 Å². The Balaban J connectivity index is 1.59. The molecule has 5 heteroatoms. The summed E-state index contributed by atoms with van der Waals surface area (Å²) < 4.78 is 16.1. The second-order valence-corrected chi connectivity index (χ2v) is 6.22. The highest BCUT2D eigenvalue weighted by Gasteiger charge is 2.28. The fraction of sp³-hybridized carbons (Fsp3) is 0.471. The first-order valence-electron chi connectivity index (χ1n) is 7.82. The summed E-state index contributed by atoms with van der Waals surface area (Å²) >= 11 is 0. The van der Waals surface area contributed by atoms with Crippen molar-refractivity contribution in [3.8, 4) is 11.1 Å². The van der Waals surface area contributed by atoms with Gasteiger partial charge in [0.25, 0.3) is 0 Å². The lowest BCUT2D eigenvalue weighted by Crippen LogP contribution is -2.40. The van der Waals surface area contributed by atoms with E-state index in [-0.39, 0.29) is 0 Å². The van der Waals surface area contributed by atoms with E-state index in [0.29, 0.717) is 13.1 Å². The zero-order valence-corrected chi connectivity index (χ0v) is 13.0. The summed E-state index contributed by atoms with van der Waals surface area (Å²) in [5.41, 5.74) is 1.13.